The van der Waals surface area contributed by atoms with Crippen LogP contribution >= 0.6 is 0 Å². The first-order chi connectivity index (χ1) is 14.2. The number of aromatic nitrogens is 2. The molecule has 29 heavy (non-hydrogen) atoms. The summed E-state index contributed by atoms with van der Waals surface area (Å²) in [6.45, 7) is 2.83. The van der Waals surface area contributed by atoms with Crippen LogP contribution in [0.4, 0.5) is 5.82 Å². The third-order valence-electron chi connectivity index (χ3n) is 5.53. The van der Waals surface area contributed by atoms with E-state index in [1.54, 1.807) is 0 Å². The molecular weight excluding hydrogens is 374 g/mol. The van der Waals surface area contributed by atoms with Gasteiger partial charge in [-0.05, 0) is 36.8 Å². The highest BCUT2D eigenvalue weighted by molar-refractivity contribution is 5.90. The second-order valence-corrected chi connectivity index (χ2v) is 7.32. The number of hydrogen-bond donors (Lipinski definition) is 1. The van der Waals surface area contributed by atoms with Crippen molar-refractivity contribution in [1.82, 2.24) is 20.4 Å². The minimum Gasteiger partial charge on any atom is -0.454 e. The fraction of sp³-hybridized carbons (Fsp3) is 0.400. The number of fused-ring (bicyclic) bond motifs is 1. The minimum atomic E-state index is -0.366. The first-order valence-corrected chi connectivity index (χ1v) is 9.74. The van der Waals surface area contributed by atoms with Crippen molar-refractivity contribution in [3.63, 3.8) is 0 Å². The SMILES string of the molecule is O=C1CC[C@@H](C(=O)N2CCN(c3ccc(-c4ccc5c(c4)OCO5)nn3)CC2)N1. The lowest BCUT2D eigenvalue weighted by Crippen LogP contribution is -2.53. The summed E-state index contributed by atoms with van der Waals surface area (Å²) in [6.07, 6.45) is 1.02. The molecule has 0 unspecified atom stereocenters. The number of carbonyl (C=O) groups excluding carboxylic acids is 2. The van der Waals surface area contributed by atoms with Crippen molar-refractivity contribution in [3.8, 4) is 22.8 Å². The van der Waals surface area contributed by atoms with Crippen molar-refractivity contribution in [2.45, 2.75) is 18.9 Å². The van der Waals surface area contributed by atoms with E-state index in [1.165, 1.54) is 0 Å². The van der Waals surface area contributed by atoms with Gasteiger partial charge in [-0.3, -0.25) is 9.59 Å². The maximum Gasteiger partial charge on any atom is 0.245 e. The van der Waals surface area contributed by atoms with Crippen molar-refractivity contribution in [3.05, 3.63) is 30.3 Å². The Balaban J connectivity index is 1.21. The Morgan fingerprint density at radius 3 is 2.59 bits per heavy atom. The van der Waals surface area contributed by atoms with Crippen LogP contribution in [0.15, 0.2) is 30.3 Å². The van der Waals surface area contributed by atoms with E-state index >= 15 is 0 Å². The van der Waals surface area contributed by atoms with Gasteiger partial charge in [0.1, 0.15) is 6.04 Å². The number of piperazine rings is 1. The molecule has 2 aromatic rings. The molecule has 1 atom stereocenters. The largest absolute Gasteiger partial charge is 0.454 e. The molecule has 3 aliphatic rings. The van der Waals surface area contributed by atoms with E-state index in [0.717, 1.165) is 22.8 Å². The Labute approximate surface area is 167 Å². The molecule has 1 N–H and O–H groups in total. The quantitative estimate of drug-likeness (QED) is 0.821. The average Bonchev–Trinajstić information content (AvgIpc) is 3.42. The number of carbonyl (C=O) groups is 2. The van der Waals surface area contributed by atoms with Gasteiger partial charge in [0.05, 0.1) is 5.69 Å². The highest BCUT2D eigenvalue weighted by Crippen LogP contribution is 2.35. The molecule has 2 fully saturated rings. The molecule has 0 spiro atoms. The third-order valence-corrected chi connectivity index (χ3v) is 5.53. The molecule has 0 saturated carbocycles. The van der Waals surface area contributed by atoms with Crippen LogP contribution in [0.5, 0.6) is 11.5 Å². The predicted molar refractivity (Wildman–Crippen MR) is 104 cm³/mol. The topological polar surface area (TPSA) is 96.9 Å². The van der Waals surface area contributed by atoms with Crippen molar-refractivity contribution in [2.75, 3.05) is 37.9 Å². The molecule has 4 heterocycles. The number of ether oxygens (including phenoxy) is 2. The van der Waals surface area contributed by atoms with E-state index in [-0.39, 0.29) is 24.6 Å². The zero-order valence-corrected chi connectivity index (χ0v) is 15.8. The number of hydrogen-bond acceptors (Lipinski definition) is 7. The van der Waals surface area contributed by atoms with E-state index in [0.29, 0.717) is 44.8 Å². The molecule has 2 saturated heterocycles. The first kappa shape index (κ1) is 17.7. The summed E-state index contributed by atoms with van der Waals surface area (Å²) in [4.78, 5) is 27.8. The van der Waals surface area contributed by atoms with E-state index in [4.69, 9.17) is 9.47 Å². The van der Waals surface area contributed by atoms with Crippen LogP contribution < -0.4 is 19.7 Å². The highest BCUT2D eigenvalue weighted by atomic mass is 16.7. The molecule has 1 aromatic heterocycles. The molecule has 1 aromatic carbocycles. The Kier molecular flexibility index (Phi) is 4.42. The van der Waals surface area contributed by atoms with Crippen LogP contribution in [0.2, 0.25) is 0 Å². The highest BCUT2D eigenvalue weighted by Gasteiger charge is 2.32. The number of nitrogens with zero attached hydrogens (tertiary/aromatic N) is 4. The molecule has 150 valence electrons. The Morgan fingerprint density at radius 1 is 1.03 bits per heavy atom. The van der Waals surface area contributed by atoms with Gasteiger partial charge in [-0.15, -0.1) is 10.2 Å². The van der Waals surface area contributed by atoms with Crippen LogP contribution in [0.25, 0.3) is 11.3 Å². The molecule has 0 aliphatic carbocycles. The van der Waals surface area contributed by atoms with Crippen molar-refractivity contribution in [2.24, 2.45) is 0 Å². The van der Waals surface area contributed by atoms with Crippen LogP contribution in [0.1, 0.15) is 12.8 Å². The van der Waals surface area contributed by atoms with Crippen LogP contribution in [0.3, 0.4) is 0 Å². The number of anilines is 1. The molecule has 5 rings (SSSR count). The normalized spacial score (nSPS) is 20.7. The second-order valence-electron chi connectivity index (χ2n) is 7.32. The zero-order chi connectivity index (χ0) is 19.8. The van der Waals surface area contributed by atoms with Crippen LogP contribution in [-0.2, 0) is 9.59 Å². The molecule has 9 heteroatoms. The third kappa shape index (κ3) is 3.43. The lowest BCUT2D eigenvalue weighted by atomic mass is 10.1. The Hall–Kier alpha value is -3.36. The summed E-state index contributed by atoms with van der Waals surface area (Å²) >= 11 is 0. The summed E-state index contributed by atoms with van der Waals surface area (Å²) < 4.78 is 10.8. The van der Waals surface area contributed by atoms with Gasteiger partial charge in [0.2, 0.25) is 18.6 Å². The summed E-state index contributed by atoms with van der Waals surface area (Å²) in [7, 11) is 0. The first-order valence-electron chi connectivity index (χ1n) is 9.74. The van der Waals surface area contributed by atoms with Crippen molar-refractivity contribution in [1.29, 1.82) is 0 Å². The molecule has 0 bridgehead atoms. The molecule has 2 amide bonds. The molecule has 9 nitrogen and oxygen atoms in total. The molecule has 0 radical (unpaired) electrons. The van der Waals surface area contributed by atoms with Gasteiger partial charge >= 0.3 is 0 Å². The maximum absolute atomic E-state index is 12.5. The van der Waals surface area contributed by atoms with E-state index in [9.17, 15) is 9.59 Å². The second kappa shape index (κ2) is 7.23. The number of rotatable bonds is 3. The van der Waals surface area contributed by atoms with Gasteiger partial charge in [0, 0.05) is 38.2 Å². The lowest BCUT2D eigenvalue weighted by Gasteiger charge is -2.36. The monoisotopic (exact) mass is 395 g/mol. The van der Waals surface area contributed by atoms with Gasteiger partial charge in [-0.2, -0.15) is 0 Å². The number of benzene rings is 1. The fourth-order valence-corrected chi connectivity index (χ4v) is 3.88. The van der Waals surface area contributed by atoms with E-state index in [1.807, 2.05) is 35.2 Å². The van der Waals surface area contributed by atoms with Gasteiger partial charge in [0.15, 0.2) is 17.3 Å². The summed E-state index contributed by atoms with van der Waals surface area (Å²) in [5.74, 6) is 2.21. The van der Waals surface area contributed by atoms with Gasteiger partial charge in [0.25, 0.3) is 0 Å². The molecular formula is C20H21N5O4. The summed E-state index contributed by atoms with van der Waals surface area (Å²) in [6, 6.07) is 9.22. The minimum absolute atomic E-state index is 0.0136. The Bertz CT molecular complexity index is 940. The number of amides is 2. The molecule has 3 aliphatic heterocycles. The number of nitrogens with one attached hydrogen (secondary N) is 1. The van der Waals surface area contributed by atoms with Gasteiger partial charge < -0.3 is 24.6 Å². The smallest absolute Gasteiger partial charge is 0.245 e. The van der Waals surface area contributed by atoms with E-state index in [2.05, 4.69) is 20.4 Å². The van der Waals surface area contributed by atoms with Crippen LogP contribution in [0, 0.1) is 0 Å². The summed E-state index contributed by atoms with van der Waals surface area (Å²) in [5, 5.41) is 11.5. The zero-order valence-electron chi connectivity index (χ0n) is 15.8. The summed E-state index contributed by atoms with van der Waals surface area (Å²) in [5.41, 5.74) is 1.68. The maximum atomic E-state index is 12.5. The van der Waals surface area contributed by atoms with Crippen molar-refractivity contribution >= 4 is 17.6 Å². The van der Waals surface area contributed by atoms with Gasteiger partial charge in [-0.1, -0.05) is 0 Å². The lowest BCUT2D eigenvalue weighted by molar-refractivity contribution is -0.134. The van der Waals surface area contributed by atoms with E-state index < -0.39 is 0 Å². The fourth-order valence-electron chi connectivity index (χ4n) is 3.88. The average molecular weight is 395 g/mol. The van der Waals surface area contributed by atoms with Crippen molar-refractivity contribution < 1.29 is 19.1 Å². The standard InChI is InChI=1S/C20H21N5O4/c26-19-6-3-15(21-19)20(27)25-9-7-24(8-10-25)18-5-2-14(22-23-18)13-1-4-16-17(11-13)29-12-28-16/h1-2,4-5,11,15H,3,6-10,12H2,(H,21,26)/t15-/m0/s1. The van der Waals surface area contributed by atoms with Crippen LogP contribution in [-0.4, -0.2) is 65.9 Å². The van der Waals surface area contributed by atoms with Gasteiger partial charge in [-0.25, -0.2) is 0 Å². The predicted octanol–water partition coefficient (Wildman–Crippen LogP) is 0.799. The Morgan fingerprint density at radius 2 is 1.86 bits per heavy atom.